The van der Waals surface area contributed by atoms with Crippen molar-refractivity contribution in [2.75, 3.05) is 13.7 Å². The maximum atomic E-state index is 11.5. The van der Waals surface area contributed by atoms with E-state index in [9.17, 15) is 4.79 Å². The summed E-state index contributed by atoms with van der Waals surface area (Å²) in [7, 11) is 1.67. The summed E-state index contributed by atoms with van der Waals surface area (Å²) < 4.78 is 5.33. The van der Waals surface area contributed by atoms with Gasteiger partial charge in [0, 0.05) is 30.6 Å². The third-order valence-corrected chi connectivity index (χ3v) is 2.86. The molecule has 106 valence electrons. The number of para-hydroxylation sites is 1. The van der Waals surface area contributed by atoms with Crippen LogP contribution in [0, 0.1) is 0 Å². The third-order valence-electron chi connectivity index (χ3n) is 2.86. The van der Waals surface area contributed by atoms with Gasteiger partial charge in [0.15, 0.2) is 0 Å². The predicted octanol–water partition coefficient (Wildman–Crippen LogP) is 2.26. The van der Waals surface area contributed by atoms with E-state index in [1.165, 1.54) is 0 Å². The highest BCUT2D eigenvalue weighted by atomic mass is 16.5. The second-order valence-electron chi connectivity index (χ2n) is 4.89. The van der Waals surface area contributed by atoms with Gasteiger partial charge >= 0.3 is 0 Å². The molecule has 0 aromatic heterocycles. The fourth-order valence-electron chi connectivity index (χ4n) is 1.93. The van der Waals surface area contributed by atoms with Crippen molar-refractivity contribution in [2.24, 2.45) is 0 Å². The van der Waals surface area contributed by atoms with E-state index in [4.69, 9.17) is 4.74 Å². The van der Waals surface area contributed by atoms with E-state index in [0.717, 1.165) is 11.3 Å². The molecule has 4 nitrogen and oxygen atoms in total. The van der Waals surface area contributed by atoms with Gasteiger partial charge in [-0.15, -0.1) is 0 Å². The number of carbonyl (C=O) groups is 1. The standard InChI is InChI=1S/C15H24N2O2/c1-11(2)17-15(18)9-10-16-12(3)13-7-5-6-8-14(13)19-4/h5-8,11-12,16H,9-10H2,1-4H3,(H,17,18). The lowest BCUT2D eigenvalue weighted by molar-refractivity contribution is -0.121. The van der Waals surface area contributed by atoms with Gasteiger partial charge in [-0.05, 0) is 26.8 Å². The first kappa shape index (κ1) is 15.5. The Balaban J connectivity index is 2.43. The lowest BCUT2D eigenvalue weighted by Crippen LogP contribution is -2.33. The Morgan fingerprint density at radius 2 is 1.95 bits per heavy atom. The Hall–Kier alpha value is -1.55. The molecule has 1 aromatic carbocycles. The quantitative estimate of drug-likeness (QED) is 0.794. The molecule has 1 atom stereocenters. The minimum atomic E-state index is 0.0785. The fraction of sp³-hybridized carbons (Fsp3) is 0.533. The van der Waals surface area contributed by atoms with Gasteiger partial charge < -0.3 is 15.4 Å². The minimum Gasteiger partial charge on any atom is -0.496 e. The molecule has 1 aromatic rings. The zero-order valence-corrected chi connectivity index (χ0v) is 12.2. The third kappa shape index (κ3) is 5.30. The number of methoxy groups -OCH3 is 1. The molecule has 2 N–H and O–H groups in total. The number of carbonyl (C=O) groups excluding carboxylic acids is 1. The molecule has 0 spiro atoms. The van der Waals surface area contributed by atoms with Crippen LogP contribution >= 0.6 is 0 Å². The minimum absolute atomic E-state index is 0.0785. The van der Waals surface area contributed by atoms with Crippen LogP contribution in [0.25, 0.3) is 0 Å². The number of hydrogen-bond donors (Lipinski definition) is 2. The number of hydrogen-bond acceptors (Lipinski definition) is 3. The number of ether oxygens (including phenoxy) is 1. The van der Waals surface area contributed by atoms with E-state index in [1.54, 1.807) is 7.11 Å². The van der Waals surface area contributed by atoms with Gasteiger partial charge in [-0.2, -0.15) is 0 Å². The van der Waals surface area contributed by atoms with Crippen molar-refractivity contribution in [1.82, 2.24) is 10.6 Å². The van der Waals surface area contributed by atoms with Crippen LogP contribution in [-0.4, -0.2) is 25.6 Å². The molecule has 0 aliphatic heterocycles. The summed E-state index contributed by atoms with van der Waals surface area (Å²) in [6.07, 6.45) is 0.484. The SMILES string of the molecule is COc1ccccc1C(C)NCCC(=O)NC(C)C. The summed E-state index contributed by atoms with van der Waals surface area (Å²) in [5, 5.41) is 6.21. The molecule has 0 fully saturated rings. The van der Waals surface area contributed by atoms with E-state index in [1.807, 2.05) is 38.1 Å². The molecule has 0 heterocycles. The van der Waals surface area contributed by atoms with Crippen molar-refractivity contribution in [2.45, 2.75) is 39.3 Å². The molecule has 0 saturated carbocycles. The Kier molecular flexibility index (Phi) is 6.36. The second-order valence-corrected chi connectivity index (χ2v) is 4.89. The monoisotopic (exact) mass is 264 g/mol. The van der Waals surface area contributed by atoms with E-state index in [0.29, 0.717) is 13.0 Å². The van der Waals surface area contributed by atoms with Gasteiger partial charge in [0.1, 0.15) is 5.75 Å². The molecule has 1 unspecified atom stereocenters. The van der Waals surface area contributed by atoms with Gasteiger partial charge in [-0.1, -0.05) is 18.2 Å². The first-order valence-electron chi connectivity index (χ1n) is 6.70. The van der Waals surface area contributed by atoms with Gasteiger partial charge in [-0.3, -0.25) is 4.79 Å². The molecule has 0 bridgehead atoms. The smallest absolute Gasteiger partial charge is 0.221 e. The molecule has 0 saturated heterocycles. The highest BCUT2D eigenvalue weighted by Crippen LogP contribution is 2.23. The van der Waals surface area contributed by atoms with Gasteiger partial charge in [0.25, 0.3) is 0 Å². The van der Waals surface area contributed by atoms with E-state index in [-0.39, 0.29) is 18.0 Å². The molecule has 4 heteroatoms. The average molecular weight is 264 g/mol. The molecule has 19 heavy (non-hydrogen) atoms. The van der Waals surface area contributed by atoms with Crippen molar-refractivity contribution in [1.29, 1.82) is 0 Å². The topological polar surface area (TPSA) is 50.4 Å². The van der Waals surface area contributed by atoms with Crippen LogP contribution in [0.1, 0.15) is 38.8 Å². The van der Waals surface area contributed by atoms with Gasteiger partial charge in [-0.25, -0.2) is 0 Å². The fourth-order valence-corrected chi connectivity index (χ4v) is 1.93. The largest absolute Gasteiger partial charge is 0.496 e. The molecule has 0 aliphatic rings. The summed E-state index contributed by atoms with van der Waals surface area (Å²) in [5.41, 5.74) is 1.11. The maximum absolute atomic E-state index is 11.5. The number of benzene rings is 1. The number of rotatable bonds is 7. The van der Waals surface area contributed by atoms with E-state index < -0.39 is 0 Å². The summed E-state index contributed by atoms with van der Waals surface area (Å²) in [6, 6.07) is 8.26. The van der Waals surface area contributed by atoms with Crippen LogP contribution in [0.5, 0.6) is 5.75 Å². The van der Waals surface area contributed by atoms with Crippen LogP contribution < -0.4 is 15.4 Å². The lowest BCUT2D eigenvalue weighted by atomic mass is 10.1. The summed E-state index contributed by atoms with van der Waals surface area (Å²) in [6.45, 7) is 6.64. The summed E-state index contributed by atoms with van der Waals surface area (Å²) in [4.78, 5) is 11.5. The van der Waals surface area contributed by atoms with Crippen LogP contribution in [0.3, 0.4) is 0 Å². The van der Waals surface area contributed by atoms with Gasteiger partial charge in [0.2, 0.25) is 5.91 Å². The highest BCUT2D eigenvalue weighted by Gasteiger charge is 2.10. The van der Waals surface area contributed by atoms with Crippen LogP contribution in [0.2, 0.25) is 0 Å². The molecule has 0 aliphatic carbocycles. The van der Waals surface area contributed by atoms with Crippen molar-refractivity contribution in [3.05, 3.63) is 29.8 Å². The van der Waals surface area contributed by atoms with Crippen LogP contribution in [0.4, 0.5) is 0 Å². The summed E-state index contributed by atoms with van der Waals surface area (Å²) in [5.74, 6) is 0.948. The molecule has 0 radical (unpaired) electrons. The van der Waals surface area contributed by atoms with Crippen molar-refractivity contribution in [3.63, 3.8) is 0 Å². The summed E-state index contributed by atoms with van der Waals surface area (Å²) >= 11 is 0. The maximum Gasteiger partial charge on any atom is 0.221 e. The predicted molar refractivity (Wildman–Crippen MR) is 77.3 cm³/mol. The first-order valence-corrected chi connectivity index (χ1v) is 6.70. The average Bonchev–Trinajstić information content (AvgIpc) is 2.37. The Labute approximate surface area is 115 Å². The first-order chi connectivity index (χ1) is 9.04. The zero-order valence-electron chi connectivity index (χ0n) is 12.2. The van der Waals surface area contributed by atoms with Crippen molar-refractivity contribution in [3.8, 4) is 5.75 Å². The second kappa shape index (κ2) is 7.79. The zero-order chi connectivity index (χ0) is 14.3. The van der Waals surface area contributed by atoms with Crippen molar-refractivity contribution < 1.29 is 9.53 Å². The molecule has 1 rings (SSSR count). The van der Waals surface area contributed by atoms with E-state index in [2.05, 4.69) is 17.6 Å². The lowest BCUT2D eigenvalue weighted by Gasteiger charge is -2.17. The van der Waals surface area contributed by atoms with E-state index >= 15 is 0 Å². The van der Waals surface area contributed by atoms with Crippen LogP contribution in [-0.2, 0) is 4.79 Å². The molecular formula is C15H24N2O2. The normalized spacial score (nSPS) is 12.3. The Morgan fingerprint density at radius 3 is 2.58 bits per heavy atom. The molecule has 1 amide bonds. The molecular weight excluding hydrogens is 240 g/mol. The van der Waals surface area contributed by atoms with Crippen molar-refractivity contribution >= 4 is 5.91 Å². The highest BCUT2D eigenvalue weighted by molar-refractivity contribution is 5.76. The number of amides is 1. The Morgan fingerprint density at radius 1 is 1.26 bits per heavy atom. The van der Waals surface area contributed by atoms with Crippen LogP contribution in [0.15, 0.2) is 24.3 Å². The van der Waals surface area contributed by atoms with Gasteiger partial charge in [0.05, 0.1) is 7.11 Å². The number of nitrogens with one attached hydrogen (secondary N) is 2. The Bertz CT molecular complexity index is 405.